The molecular formula is C45H89NO10. The fourth-order valence-electron chi connectivity index (χ4n) is 7.68. The van der Waals surface area contributed by atoms with E-state index in [0.29, 0.717) is 19.3 Å². The van der Waals surface area contributed by atoms with Crippen LogP contribution in [0.2, 0.25) is 0 Å². The van der Waals surface area contributed by atoms with Crippen molar-refractivity contribution in [3.05, 3.63) is 0 Å². The van der Waals surface area contributed by atoms with E-state index >= 15 is 0 Å². The van der Waals surface area contributed by atoms with Gasteiger partial charge in [0.1, 0.15) is 36.6 Å². The molecule has 1 amide bonds. The second-order valence-corrected chi connectivity index (χ2v) is 17.3. The molecule has 0 radical (unpaired) electrons. The van der Waals surface area contributed by atoms with Crippen molar-refractivity contribution in [2.24, 2.45) is 5.92 Å². The number of unbranched alkanes of at least 4 members (excludes halogenated alkanes) is 24. The zero-order valence-electron chi connectivity index (χ0n) is 36.0. The fourth-order valence-corrected chi connectivity index (χ4v) is 7.68. The predicted octanol–water partition coefficient (Wildman–Crippen LogP) is 7.36. The lowest BCUT2D eigenvalue weighted by Crippen LogP contribution is -2.60. The van der Waals surface area contributed by atoms with Crippen molar-refractivity contribution >= 4 is 5.91 Å². The molecule has 8 N–H and O–H groups in total. The highest BCUT2D eigenvalue weighted by atomic mass is 16.7. The second-order valence-electron chi connectivity index (χ2n) is 17.3. The average molecular weight is 804 g/mol. The molecule has 1 heterocycles. The Morgan fingerprint density at radius 1 is 0.589 bits per heavy atom. The SMILES string of the molecule is CCCCCCCCCCCCCCCCCCCCCC(O)C(=O)NC(COC1OC(CO)C(O)C(O)C1O)C(O)C(O)CCCCCCCCCC(C)C. The van der Waals surface area contributed by atoms with Gasteiger partial charge in [-0.05, 0) is 18.8 Å². The number of rotatable bonds is 38. The molecular weight excluding hydrogens is 714 g/mol. The normalized spacial score (nSPS) is 22.3. The van der Waals surface area contributed by atoms with E-state index < -0.39 is 74.2 Å². The first kappa shape index (κ1) is 53.1. The largest absolute Gasteiger partial charge is 0.394 e. The number of carbonyl (C=O) groups is 1. The second kappa shape index (κ2) is 34.9. The molecule has 0 aromatic carbocycles. The molecule has 11 nitrogen and oxygen atoms in total. The topological polar surface area (TPSA) is 189 Å². The summed E-state index contributed by atoms with van der Waals surface area (Å²) in [5, 5.41) is 75.5. The molecule has 9 unspecified atom stereocenters. The van der Waals surface area contributed by atoms with Gasteiger partial charge in [-0.3, -0.25) is 4.79 Å². The molecule has 0 bridgehead atoms. The highest BCUT2D eigenvalue weighted by Gasteiger charge is 2.44. The van der Waals surface area contributed by atoms with Crippen molar-refractivity contribution in [2.45, 2.75) is 262 Å². The van der Waals surface area contributed by atoms with Crippen LogP contribution in [0.3, 0.4) is 0 Å². The van der Waals surface area contributed by atoms with Crippen LogP contribution < -0.4 is 5.32 Å². The van der Waals surface area contributed by atoms with Crippen molar-refractivity contribution in [1.82, 2.24) is 5.32 Å². The number of nitrogens with one attached hydrogen (secondary N) is 1. The van der Waals surface area contributed by atoms with Crippen LogP contribution in [0, 0.1) is 5.92 Å². The predicted molar refractivity (Wildman–Crippen MR) is 224 cm³/mol. The number of carbonyl (C=O) groups excluding carboxylic acids is 1. The van der Waals surface area contributed by atoms with Crippen molar-refractivity contribution in [3.8, 4) is 0 Å². The van der Waals surface area contributed by atoms with E-state index in [1.165, 1.54) is 122 Å². The molecule has 11 heteroatoms. The Balaban J connectivity index is 2.39. The van der Waals surface area contributed by atoms with Crippen LogP contribution in [0.4, 0.5) is 0 Å². The molecule has 0 spiro atoms. The van der Waals surface area contributed by atoms with Gasteiger partial charge in [-0.15, -0.1) is 0 Å². The Morgan fingerprint density at radius 2 is 1.00 bits per heavy atom. The third kappa shape index (κ3) is 25.6. The molecule has 9 atom stereocenters. The van der Waals surface area contributed by atoms with E-state index in [1.807, 2.05) is 0 Å². The summed E-state index contributed by atoms with van der Waals surface area (Å²) in [4.78, 5) is 13.1. The molecule has 1 saturated heterocycles. The summed E-state index contributed by atoms with van der Waals surface area (Å²) in [6.07, 6.45) is 21.8. The van der Waals surface area contributed by atoms with Crippen LogP contribution in [0.15, 0.2) is 0 Å². The Labute approximate surface area is 341 Å². The summed E-state index contributed by atoms with van der Waals surface area (Å²) in [6, 6.07) is -1.16. The first-order valence-electron chi connectivity index (χ1n) is 23.3. The first-order valence-corrected chi connectivity index (χ1v) is 23.3. The van der Waals surface area contributed by atoms with Crippen molar-refractivity contribution in [3.63, 3.8) is 0 Å². The maximum Gasteiger partial charge on any atom is 0.249 e. The van der Waals surface area contributed by atoms with Gasteiger partial charge in [-0.2, -0.15) is 0 Å². The summed E-state index contributed by atoms with van der Waals surface area (Å²) in [5.74, 6) is 0.0317. The van der Waals surface area contributed by atoms with E-state index in [9.17, 15) is 40.5 Å². The van der Waals surface area contributed by atoms with E-state index in [-0.39, 0.29) is 6.42 Å². The van der Waals surface area contributed by atoms with Gasteiger partial charge in [0.25, 0.3) is 0 Å². The van der Waals surface area contributed by atoms with Gasteiger partial charge in [-0.1, -0.05) is 194 Å². The maximum atomic E-state index is 13.1. The minimum absolute atomic E-state index is 0.265. The molecule has 0 saturated carbocycles. The van der Waals surface area contributed by atoms with Crippen LogP contribution in [0.25, 0.3) is 0 Å². The molecule has 1 aliphatic heterocycles. The molecule has 56 heavy (non-hydrogen) atoms. The monoisotopic (exact) mass is 804 g/mol. The van der Waals surface area contributed by atoms with E-state index in [4.69, 9.17) is 9.47 Å². The third-order valence-electron chi connectivity index (χ3n) is 11.6. The zero-order chi connectivity index (χ0) is 41.4. The summed E-state index contributed by atoms with van der Waals surface area (Å²) in [7, 11) is 0. The van der Waals surface area contributed by atoms with E-state index in [2.05, 4.69) is 26.1 Å². The highest BCUT2D eigenvalue weighted by molar-refractivity contribution is 5.80. The Bertz CT molecular complexity index is 895. The molecule has 0 aromatic heterocycles. The third-order valence-corrected chi connectivity index (χ3v) is 11.6. The van der Waals surface area contributed by atoms with Crippen LogP contribution in [-0.2, 0) is 14.3 Å². The average Bonchev–Trinajstić information content (AvgIpc) is 3.18. The van der Waals surface area contributed by atoms with Crippen molar-refractivity contribution in [2.75, 3.05) is 13.2 Å². The first-order chi connectivity index (χ1) is 27.0. The summed E-state index contributed by atoms with van der Waals surface area (Å²) in [6.45, 7) is 5.69. The number of hydrogen-bond acceptors (Lipinski definition) is 10. The van der Waals surface area contributed by atoms with Gasteiger partial charge >= 0.3 is 0 Å². The van der Waals surface area contributed by atoms with Gasteiger partial charge in [0.2, 0.25) is 5.91 Å². The number of hydrogen-bond donors (Lipinski definition) is 8. The minimum Gasteiger partial charge on any atom is -0.394 e. The quantitative estimate of drug-likeness (QED) is 0.0293. The van der Waals surface area contributed by atoms with Crippen LogP contribution in [0.1, 0.15) is 207 Å². The minimum atomic E-state index is -1.66. The van der Waals surface area contributed by atoms with E-state index in [0.717, 1.165) is 44.4 Å². The fraction of sp³-hybridized carbons (Fsp3) is 0.978. The van der Waals surface area contributed by atoms with Crippen molar-refractivity contribution in [1.29, 1.82) is 0 Å². The summed E-state index contributed by atoms with van der Waals surface area (Å²) < 4.78 is 11.1. The Hall–Kier alpha value is -0.890. The lowest BCUT2D eigenvalue weighted by molar-refractivity contribution is -0.303. The van der Waals surface area contributed by atoms with Gasteiger partial charge in [0.05, 0.1) is 25.4 Å². The highest BCUT2D eigenvalue weighted by Crippen LogP contribution is 2.23. The Morgan fingerprint density at radius 3 is 1.43 bits per heavy atom. The molecule has 1 aliphatic rings. The smallest absolute Gasteiger partial charge is 0.249 e. The van der Waals surface area contributed by atoms with Gasteiger partial charge in [0.15, 0.2) is 6.29 Å². The van der Waals surface area contributed by atoms with Gasteiger partial charge in [0, 0.05) is 0 Å². The lowest BCUT2D eigenvalue weighted by Gasteiger charge is -2.40. The lowest BCUT2D eigenvalue weighted by atomic mass is 9.98. The molecule has 0 aliphatic carbocycles. The zero-order valence-corrected chi connectivity index (χ0v) is 36.0. The van der Waals surface area contributed by atoms with Crippen LogP contribution >= 0.6 is 0 Å². The summed E-state index contributed by atoms with van der Waals surface area (Å²) >= 11 is 0. The molecule has 1 fully saturated rings. The maximum absolute atomic E-state index is 13.1. The molecule has 1 rings (SSSR count). The molecule has 0 aromatic rings. The van der Waals surface area contributed by atoms with Gasteiger partial charge < -0.3 is 50.5 Å². The molecule has 334 valence electrons. The van der Waals surface area contributed by atoms with Crippen LogP contribution in [0.5, 0.6) is 0 Å². The van der Waals surface area contributed by atoms with E-state index in [1.54, 1.807) is 0 Å². The Kier molecular flexibility index (Phi) is 33.1. The number of aliphatic hydroxyl groups excluding tert-OH is 7. The number of aliphatic hydroxyl groups is 7. The van der Waals surface area contributed by atoms with Crippen molar-refractivity contribution < 1.29 is 50.0 Å². The number of amides is 1. The standard InChI is InChI=1S/C45H89NO10/c1-4-5-6-7-8-9-10-11-12-13-14-15-16-17-18-19-22-26-29-32-38(49)44(54)46-36(34-55-45-43(53)42(52)41(51)39(33-47)56-45)40(50)37(48)31-28-25-23-20-21-24-27-30-35(2)3/h35-43,45,47-53H,4-34H2,1-3H3,(H,46,54). The summed E-state index contributed by atoms with van der Waals surface area (Å²) in [5.41, 5.74) is 0. The van der Waals surface area contributed by atoms with Crippen LogP contribution in [-0.4, -0.2) is 110 Å². The number of ether oxygens (including phenoxy) is 2. The van der Waals surface area contributed by atoms with Gasteiger partial charge in [-0.25, -0.2) is 0 Å².